The Morgan fingerprint density at radius 3 is 2.39 bits per heavy atom. The SMILES string of the molecule is CCN(c1ccccc1)S(=O)(=O)c1ccc(N[C@H]2CCN(Cc3ccccc3)C2)nc1. The predicted molar refractivity (Wildman–Crippen MR) is 125 cm³/mol. The molecule has 1 aromatic heterocycles. The third-order valence-corrected chi connectivity index (χ3v) is 7.42. The summed E-state index contributed by atoms with van der Waals surface area (Å²) in [5.74, 6) is 0.702. The summed E-state index contributed by atoms with van der Waals surface area (Å²) in [6.45, 7) is 5.09. The molecule has 0 unspecified atom stereocenters. The van der Waals surface area contributed by atoms with Gasteiger partial charge in [0.25, 0.3) is 10.0 Å². The minimum atomic E-state index is -3.66. The van der Waals surface area contributed by atoms with Gasteiger partial charge in [-0.15, -0.1) is 0 Å². The molecule has 1 aliphatic heterocycles. The Morgan fingerprint density at radius 1 is 1.03 bits per heavy atom. The van der Waals surface area contributed by atoms with Crippen LogP contribution in [0.5, 0.6) is 0 Å². The molecule has 31 heavy (non-hydrogen) atoms. The number of hydrogen-bond acceptors (Lipinski definition) is 5. The number of benzene rings is 2. The van der Waals surface area contributed by atoms with Crippen molar-refractivity contribution in [1.82, 2.24) is 9.88 Å². The summed E-state index contributed by atoms with van der Waals surface area (Å²) in [5, 5.41) is 3.45. The van der Waals surface area contributed by atoms with Crippen molar-refractivity contribution in [2.45, 2.75) is 30.8 Å². The highest BCUT2D eigenvalue weighted by molar-refractivity contribution is 7.92. The smallest absolute Gasteiger partial charge is 0.265 e. The summed E-state index contributed by atoms with van der Waals surface area (Å²) in [6.07, 6.45) is 2.48. The monoisotopic (exact) mass is 436 g/mol. The minimum Gasteiger partial charge on any atom is -0.366 e. The Hall–Kier alpha value is -2.90. The first-order valence-corrected chi connectivity index (χ1v) is 12.1. The second kappa shape index (κ2) is 9.49. The van der Waals surface area contributed by atoms with Crippen LogP contribution in [0, 0.1) is 0 Å². The predicted octanol–water partition coefficient (Wildman–Crippen LogP) is 3.98. The fraction of sp³-hybridized carbons (Fsp3) is 0.292. The van der Waals surface area contributed by atoms with E-state index >= 15 is 0 Å². The zero-order valence-electron chi connectivity index (χ0n) is 17.7. The van der Waals surface area contributed by atoms with Gasteiger partial charge in [-0.05, 0) is 43.2 Å². The van der Waals surface area contributed by atoms with Gasteiger partial charge < -0.3 is 5.32 Å². The van der Waals surface area contributed by atoms with Crippen molar-refractivity contribution < 1.29 is 8.42 Å². The number of para-hydroxylation sites is 1. The largest absolute Gasteiger partial charge is 0.366 e. The molecule has 1 aliphatic rings. The maximum atomic E-state index is 13.1. The van der Waals surface area contributed by atoms with Crippen molar-refractivity contribution >= 4 is 21.5 Å². The van der Waals surface area contributed by atoms with Gasteiger partial charge in [0.1, 0.15) is 10.7 Å². The number of rotatable bonds is 8. The van der Waals surface area contributed by atoms with Crippen molar-refractivity contribution in [3.8, 4) is 0 Å². The third-order valence-electron chi connectivity index (χ3n) is 5.53. The van der Waals surface area contributed by atoms with Gasteiger partial charge in [-0.25, -0.2) is 13.4 Å². The van der Waals surface area contributed by atoms with Gasteiger partial charge in [0.2, 0.25) is 0 Å². The summed E-state index contributed by atoms with van der Waals surface area (Å²) < 4.78 is 27.6. The molecule has 4 rings (SSSR count). The highest BCUT2D eigenvalue weighted by Crippen LogP contribution is 2.24. The van der Waals surface area contributed by atoms with E-state index in [1.54, 1.807) is 24.3 Å². The molecule has 7 heteroatoms. The Balaban J connectivity index is 1.39. The van der Waals surface area contributed by atoms with Gasteiger partial charge in [-0.3, -0.25) is 9.21 Å². The second-order valence-electron chi connectivity index (χ2n) is 7.74. The Kier molecular flexibility index (Phi) is 6.53. The molecule has 1 atom stereocenters. The van der Waals surface area contributed by atoms with Gasteiger partial charge >= 0.3 is 0 Å². The Labute approximate surface area is 184 Å². The standard InChI is InChI=1S/C24H28N4O2S/c1-2-28(22-11-7-4-8-12-22)31(29,30)23-13-14-24(25-17-23)26-21-15-16-27(19-21)18-20-9-5-3-6-10-20/h3-14,17,21H,2,15-16,18-19H2,1H3,(H,25,26)/t21-/m0/s1. The maximum absolute atomic E-state index is 13.1. The molecule has 0 radical (unpaired) electrons. The van der Waals surface area contributed by atoms with E-state index in [0.717, 1.165) is 26.1 Å². The summed E-state index contributed by atoms with van der Waals surface area (Å²) >= 11 is 0. The molecule has 1 saturated heterocycles. The van der Waals surface area contributed by atoms with Crippen molar-refractivity contribution in [3.63, 3.8) is 0 Å². The van der Waals surface area contributed by atoms with Crippen molar-refractivity contribution in [1.29, 1.82) is 0 Å². The van der Waals surface area contributed by atoms with Crippen LogP contribution < -0.4 is 9.62 Å². The molecule has 1 fully saturated rings. The molecule has 2 aromatic carbocycles. The molecule has 0 aliphatic carbocycles. The number of anilines is 2. The van der Waals surface area contributed by atoms with E-state index in [1.807, 2.05) is 31.2 Å². The molecular formula is C24H28N4O2S. The zero-order valence-corrected chi connectivity index (χ0v) is 18.5. The van der Waals surface area contributed by atoms with Crippen molar-refractivity contribution in [2.24, 2.45) is 0 Å². The fourth-order valence-corrected chi connectivity index (χ4v) is 5.40. The van der Waals surface area contributed by atoms with Gasteiger partial charge in [0.05, 0.1) is 5.69 Å². The molecule has 0 bridgehead atoms. The van der Waals surface area contributed by atoms with Crippen LogP contribution in [0.1, 0.15) is 18.9 Å². The topological polar surface area (TPSA) is 65.5 Å². The maximum Gasteiger partial charge on any atom is 0.265 e. The van der Waals surface area contributed by atoms with Crippen LogP contribution in [-0.2, 0) is 16.6 Å². The number of aromatic nitrogens is 1. The van der Waals surface area contributed by atoms with Crippen molar-refractivity contribution in [2.75, 3.05) is 29.3 Å². The number of hydrogen-bond donors (Lipinski definition) is 1. The quantitative estimate of drug-likeness (QED) is 0.579. The molecular weight excluding hydrogens is 408 g/mol. The van der Waals surface area contributed by atoms with Crippen LogP contribution in [0.15, 0.2) is 83.9 Å². The van der Waals surface area contributed by atoms with Crippen LogP contribution in [0.3, 0.4) is 0 Å². The van der Waals surface area contributed by atoms with E-state index in [1.165, 1.54) is 16.1 Å². The number of nitrogens with one attached hydrogen (secondary N) is 1. The summed E-state index contributed by atoms with van der Waals surface area (Å²) in [6, 6.07) is 23.3. The Morgan fingerprint density at radius 2 is 1.74 bits per heavy atom. The summed E-state index contributed by atoms with van der Waals surface area (Å²) in [7, 11) is -3.66. The zero-order chi connectivity index (χ0) is 21.7. The molecule has 6 nitrogen and oxygen atoms in total. The lowest BCUT2D eigenvalue weighted by Crippen LogP contribution is -2.31. The van der Waals surface area contributed by atoms with Crippen LogP contribution in [0.2, 0.25) is 0 Å². The van der Waals surface area contributed by atoms with E-state index < -0.39 is 10.0 Å². The van der Waals surface area contributed by atoms with E-state index in [2.05, 4.69) is 39.5 Å². The van der Waals surface area contributed by atoms with Gasteiger partial charge in [0.15, 0.2) is 0 Å². The lowest BCUT2D eigenvalue weighted by molar-refractivity contribution is 0.328. The molecule has 0 saturated carbocycles. The van der Waals surface area contributed by atoms with Gasteiger partial charge in [-0.2, -0.15) is 0 Å². The van der Waals surface area contributed by atoms with Gasteiger partial charge in [0, 0.05) is 38.4 Å². The lowest BCUT2D eigenvalue weighted by Gasteiger charge is -2.23. The first kappa shape index (κ1) is 21.3. The highest BCUT2D eigenvalue weighted by atomic mass is 32.2. The summed E-state index contributed by atoms with van der Waals surface area (Å²) in [5.41, 5.74) is 1.96. The van der Waals surface area contributed by atoms with Crippen molar-refractivity contribution in [3.05, 3.63) is 84.6 Å². The van der Waals surface area contributed by atoms with E-state index in [9.17, 15) is 8.42 Å². The summed E-state index contributed by atoms with van der Waals surface area (Å²) in [4.78, 5) is 7.01. The number of nitrogens with zero attached hydrogens (tertiary/aromatic N) is 3. The van der Waals surface area contributed by atoms with Gasteiger partial charge in [-0.1, -0.05) is 48.5 Å². The molecule has 3 aromatic rings. The average molecular weight is 437 g/mol. The molecule has 162 valence electrons. The number of likely N-dealkylation sites (tertiary alicyclic amines) is 1. The third kappa shape index (κ3) is 5.06. The van der Waals surface area contributed by atoms with E-state index in [0.29, 0.717) is 24.1 Å². The molecule has 1 N–H and O–H groups in total. The first-order chi connectivity index (χ1) is 15.1. The molecule has 0 amide bonds. The van der Waals surface area contributed by atoms with Crippen LogP contribution in [0.25, 0.3) is 0 Å². The minimum absolute atomic E-state index is 0.195. The fourth-order valence-electron chi connectivity index (χ4n) is 3.98. The first-order valence-electron chi connectivity index (χ1n) is 10.6. The second-order valence-corrected chi connectivity index (χ2v) is 9.60. The van der Waals surface area contributed by atoms with E-state index in [4.69, 9.17) is 0 Å². The highest BCUT2D eigenvalue weighted by Gasteiger charge is 2.25. The van der Waals surface area contributed by atoms with Crippen LogP contribution >= 0.6 is 0 Å². The van der Waals surface area contributed by atoms with Crippen LogP contribution in [0.4, 0.5) is 11.5 Å². The lowest BCUT2D eigenvalue weighted by atomic mass is 10.2. The Bertz CT molecular complexity index is 1070. The molecule has 0 spiro atoms. The normalized spacial score (nSPS) is 16.9. The van der Waals surface area contributed by atoms with E-state index in [-0.39, 0.29) is 4.90 Å². The average Bonchev–Trinajstić information content (AvgIpc) is 3.22. The number of sulfonamides is 1. The number of pyridine rings is 1. The molecule has 2 heterocycles. The van der Waals surface area contributed by atoms with Crippen LogP contribution in [-0.4, -0.2) is 44.0 Å².